The Morgan fingerprint density at radius 1 is 1.08 bits per heavy atom. The largest absolute Gasteiger partial charge is 0.465 e. The van der Waals surface area contributed by atoms with E-state index in [1.165, 1.54) is 55.4 Å². The molecule has 0 aliphatic carbocycles. The average Bonchev–Trinajstić information content (AvgIpc) is 3.12. The molecule has 0 N–H and O–H groups in total. The van der Waals surface area contributed by atoms with Crippen LogP contribution in [-0.4, -0.2) is 27.7 Å². The number of benzene rings is 1. The molecular weight excluding hydrogens is 352 g/mol. The van der Waals surface area contributed by atoms with Crippen LogP contribution in [0.5, 0.6) is 0 Å². The summed E-state index contributed by atoms with van der Waals surface area (Å²) >= 11 is 2.71. The van der Waals surface area contributed by atoms with Crippen LogP contribution < -0.4 is 0 Å². The zero-order valence-corrected chi connectivity index (χ0v) is 16.4. The lowest BCUT2D eigenvalue weighted by Crippen LogP contribution is -2.08. The second-order valence-electron chi connectivity index (χ2n) is 5.88. The topological polar surface area (TPSA) is 52.1 Å². The highest BCUT2D eigenvalue weighted by molar-refractivity contribution is 8.01. The third-order valence-electron chi connectivity index (χ3n) is 3.76. The van der Waals surface area contributed by atoms with Gasteiger partial charge in [0.05, 0.1) is 12.4 Å². The van der Waals surface area contributed by atoms with Crippen LogP contribution in [0.2, 0.25) is 0 Å². The molecule has 0 aliphatic rings. The SMILES string of the molecule is CCCCCCCCCOC(=O)CSc1nc(-c2ccccc2)ns1. The zero-order chi connectivity index (χ0) is 17.7. The molecule has 0 amide bonds. The molecule has 0 atom stereocenters. The van der Waals surface area contributed by atoms with E-state index in [1.54, 1.807) is 0 Å². The van der Waals surface area contributed by atoms with Crippen molar-refractivity contribution in [1.29, 1.82) is 0 Å². The quantitative estimate of drug-likeness (QED) is 0.274. The van der Waals surface area contributed by atoms with Gasteiger partial charge < -0.3 is 4.74 Å². The summed E-state index contributed by atoms with van der Waals surface area (Å²) in [6.07, 6.45) is 8.54. The zero-order valence-electron chi connectivity index (χ0n) is 14.8. The number of esters is 1. The van der Waals surface area contributed by atoms with Crippen LogP contribution in [-0.2, 0) is 9.53 Å². The van der Waals surface area contributed by atoms with Crippen LogP contribution in [0.25, 0.3) is 11.4 Å². The molecule has 25 heavy (non-hydrogen) atoms. The number of carbonyl (C=O) groups excluding carboxylic acids is 1. The van der Waals surface area contributed by atoms with Crippen molar-refractivity contribution < 1.29 is 9.53 Å². The number of ether oxygens (including phenoxy) is 1. The summed E-state index contributed by atoms with van der Waals surface area (Å²) in [6.45, 7) is 2.75. The fourth-order valence-corrected chi connectivity index (χ4v) is 3.79. The van der Waals surface area contributed by atoms with Gasteiger partial charge in [-0.15, -0.1) is 0 Å². The predicted molar refractivity (Wildman–Crippen MR) is 105 cm³/mol. The molecule has 0 saturated carbocycles. The van der Waals surface area contributed by atoms with Crippen LogP contribution in [0, 0.1) is 0 Å². The van der Waals surface area contributed by atoms with E-state index in [1.807, 2.05) is 30.3 Å². The molecule has 2 rings (SSSR count). The Hall–Kier alpha value is -1.40. The van der Waals surface area contributed by atoms with Gasteiger partial charge in [0.1, 0.15) is 0 Å². The highest BCUT2D eigenvalue weighted by Crippen LogP contribution is 2.25. The highest BCUT2D eigenvalue weighted by atomic mass is 32.2. The van der Waals surface area contributed by atoms with Crippen molar-refractivity contribution in [2.45, 2.75) is 56.2 Å². The number of unbranched alkanes of at least 4 members (excludes halogenated alkanes) is 6. The van der Waals surface area contributed by atoms with Gasteiger partial charge in [0.15, 0.2) is 10.2 Å². The van der Waals surface area contributed by atoms with Gasteiger partial charge in [-0.2, -0.15) is 4.37 Å². The molecule has 0 bridgehead atoms. The smallest absolute Gasteiger partial charge is 0.316 e. The summed E-state index contributed by atoms with van der Waals surface area (Å²) in [5.74, 6) is 0.830. The van der Waals surface area contributed by atoms with Gasteiger partial charge in [-0.05, 0) is 18.0 Å². The number of nitrogens with zero attached hydrogens (tertiary/aromatic N) is 2. The van der Waals surface area contributed by atoms with E-state index in [4.69, 9.17) is 4.74 Å². The fraction of sp³-hybridized carbons (Fsp3) is 0.526. The average molecular weight is 379 g/mol. The molecule has 2 aromatic rings. The molecule has 136 valence electrons. The summed E-state index contributed by atoms with van der Waals surface area (Å²) in [4.78, 5) is 16.2. The van der Waals surface area contributed by atoms with Crippen molar-refractivity contribution in [3.63, 3.8) is 0 Å². The third-order valence-corrected chi connectivity index (χ3v) is 5.57. The minimum atomic E-state index is -0.174. The molecule has 1 aromatic heterocycles. The van der Waals surface area contributed by atoms with Crippen molar-refractivity contribution >= 4 is 29.3 Å². The standard InChI is InChI=1S/C19H26N2O2S2/c1-2-3-4-5-6-7-11-14-23-17(22)15-24-19-20-18(21-25-19)16-12-9-8-10-13-16/h8-10,12-13H,2-7,11,14-15H2,1H3. The van der Waals surface area contributed by atoms with Gasteiger partial charge >= 0.3 is 5.97 Å². The summed E-state index contributed by atoms with van der Waals surface area (Å²) in [5, 5.41) is 0. The number of carbonyl (C=O) groups is 1. The lowest BCUT2D eigenvalue weighted by Gasteiger charge is -2.04. The van der Waals surface area contributed by atoms with Crippen LogP contribution in [0.15, 0.2) is 34.7 Å². The molecule has 0 unspecified atom stereocenters. The van der Waals surface area contributed by atoms with Crippen molar-refractivity contribution in [2.24, 2.45) is 0 Å². The maximum atomic E-state index is 11.8. The minimum absolute atomic E-state index is 0.174. The first-order valence-electron chi connectivity index (χ1n) is 8.97. The third kappa shape index (κ3) is 8.01. The normalized spacial score (nSPS) is 10.8. The first-order chi connectivity index (χ1) is 12.3. The van der Waals surface area contributed by atoms with E-state index in [2.05, 4.69) is 16.3 Å². The monoisotopic (exact) mass is 378 g/mol. The van der Waals surface area contributed by atoms with Crippen LogP contribution >= 0.6 is 23.3 Å². The Bertz CT molecular complexity index is 617. The number of aromatic nitrogens is 2. The number of hydrogen-bond acceptors (Lipinski definition) is 6. The number of thioether (sulfide) groups is 1. The minimum Gasteiger partial charge on any atom is -0.465 e. The number of hydrogen-bond donors (Lipinski definition) is 0. The molecule has 0 fully saturated rings. The second kappa shape index (κ2) is 12.0. The summed E-state index contributed by atoms with van der Waals surface area (Å²) in [5.41, 5.74) is 0.993. The highest BCUT2D eigenvalue weighted by Gasteiger charge is 2.10. The number of rotatable bonds is 12. The van der Waals surface area contributed by atoms with Crippen LogP contribution in [0.3, 0.4) is 0 Å². The first kappa shape index (κ1) is 19.9. The Kier molecular flexibility index (Phi) is 9.59. The lowest BCUT2D eigenvalue weighted by atomic mass is 10.1. The Morgan fingerprint density at radius 2 is 1.80 bits per heavy atom. The Balaban J connectivity index is 1.57. The van der Waals surface area contributed by atoms with E-state index in [9.17, 15) is 4.79 Å². The Morgan fingerprint density at radius 3 is 2.56 bits per heavy atom. The molecule has 1 aromatic carbocycles. The van der Waals surface area contributed by atoms with Gasteiger partial charge in [-0.1, -0.05) is 87.5 Å². The Labute approximate surface area is 158 Å². The van der Waals surface area contributed by atoms with E-state index in [-0.39, 0.29) is 5.97 Å². The van der Waals surface area contributed by atoms with E-state index in [0.29, 0.717) is 18.2 Å². The van der Waals surface area contributed by atoms with E-state index in [0.717, 1.165) is 22.7 Å². The molecule has 0 spiro atoms. The van der Waals surface area contributed by atoms with Gasteiger partial charge in [-0.25, -0.2) is 4.98 Å². The summed E-state index contributed by atoms with van der Waals surface area (Å²) < 4.78 is 10.4. The van der Waals surface area contributed by atoms with Gasteiger partial charge in [0, 0.05) is 5.56 Å². The second-order valence-corrected chi connectivity index (χ2v) is 7.85. The fourth-order valence-electron chi connectivity index (χ4n) is 2.38. The summed E-state index contributed by atoms with van der Waals surface area (Å²) in [7, 11) is 0. The van der Waals surface area contributed by atoms with Gasteiger partial charge in [0.25, 0.3) is 0 Å². The predicted octanol–water partition coefficient (Wildman–Crippen LogP) is 5.59. The van der Waals surface area contributed by atoms with Crippen molar-refractivity contribution in [3.05, 3.63) is 30.3 Å². The molecule has 0 aliphatic heterocycles. The van der Waals surface area contributed by atoms with Gasteiger partial charge in [-0.3, -0.25) is 4.79 Å². The molecule has 4 nitrogen and oxygen atoms in total. The maximum Gasteiger partial charge on any atom is 0.316 e. The first-order valence-corrected chi connectivity index (χ1v) is 10.7. The molecule has 0 radical (unpaired) electrons. The summed E-state index contributed by atoms with van der Waals surface area (Å²) in [6, 6.07) is 9.85. The van der Waals surface area contributed by atoms with E-state index < -0.39 is 0 Å². The van der Waals surface area contributed by atoms with Crippen molar-refractivity contribution in [3.8, 4) is 11.4 Å². The van der Waals surface area contributed by atoms with E-state index >= 15 is 0 Å². The molecule has 6 heteroatoms. The van der Waals surface area contributed by atoms with Crippen LogP contribution in [0.1, 0.15) is 51.9 Å². The molecule has 1 heterocycles. The molecule has 0 saturated heterocycles. The van der Waals surface area contributed by atoms with Crippen molar-refractivity contribution in [2.75, 3.05) is 12.4 Å². The molecular formula is C19H26N2O2S2. The lowest BCUT2D eigenvalue weighted by molar-refractivity contribution is -0.140. The van der Waals surface area contributed by atoms with Crippen LogP contribution in [0.4, 0.5) is 0 Å². The van der Waals surface area contributed by atoms with Gasteiger partial charge in [0.2, 0.25) is 0 Å². The van der Waals surface area contributed by atoms with Crippen molar-refractivity contribution in [1.82, 2.24) is 9.36 Å². The maximum absolute atomic E-state index is 11.8.